The first-order valence-corrected chi connectivity index (χ1v) is 9.93. The third kappa shape index (κ3) is 4.67. The molecule has 2 N–H and O–H groups in total. The quantitative estimate of drug-likeness (QED) is 0.795. The van der Waals surface area contributed by atoms with Crippen molar-refractivity contribution in [1.29, 1.82) is 0 Å². The predicted molar refractivity (Wildman–Crippen MR) is 99.7 cm³/mol. The first kappa shape index (κ1) is 18.1. The molecule has 2 aromatic heterocycles. The van der Waals surface area contributed by atoms with Gasteiger partial charge in [-0.1, -0.05) is 19.3 Å². The third-order valence-corrected chi connectivity index (χ3v) is 5.77. The van der Waals surface area contributed by atoms with E-state index in [1.807, 2.05) is 13.2 Å². The lowest BCUT2D eigenvalue weighted by Crippen LogP contribution is -2.36. The first-order valence-electron chi connectivity index (χ1n) is 9.05. The van der Waals surface area contributed by atoms with Gasteiger partial charge in [-0.05, 0) is 19.9 Å². The summed E-state index contributed by atoms with van der Waals surface area (Å²) in [5.41, 5.74) is 2.13. The molecular weight excluding hydrogens is 334 g/mol. The van der Waals surface area contributed by atoms with E-state index in [-0.39, 0.29) is 11.9 Å². The molecule has 0 radical (unpaired) electrons. The molecule has 2 heterocycles. The zero-order chi connectivity index (χ0) is 17.6. The Morgan fingerprint density at radius 2 is 2.20 bits per heavy atom. The van der Waals surface area contributed by atoms with Gasteiger partial charge in [-0.25, -0.2) is 4.98 Å². The molecule has 1 amide bonds. The van der Waals surface area contributed by atoms with Gasteiger partial charge in [0.2, 0.25) is 5.91 Å². The Bertz CT molecular complexity index is 689. The van der Waals surface area contributed by atoms with Crippen molar-refractivity contribution in [2.45, 2.75) is 50.5 Å². The van der Waals surface area contributed by atoms with Crippen LogP contribution in [-0.4, -0.2) is 34.3 Å². The Labute approximate surface area is 153 Å². The summed E-state index contributed by atoms with van der Waals surface area (Å²) >= 11 is 1.72. The van der Waals surface area contributed by atoms with Crippen LogP contribution in [0.5, 0.6) is 0 Å². The molecule has 1 fully saturated rings. The van der Waals surface area contributed by atoms with Gasteiger partial charge in [-0.15, -0.1) is 11.3 Å². The molecule has 1 atom stereocenters. The molecule has 1 aliphatic rings. The molecule has 3 rings (SSSR count). The number of hydrogen-bond acceptors (Lipinski definition) is 5. The molecule has 0 bridgehead atoms. The third-order valence-electron chi connectivity index (χ3n) is 4.84. The van der Waals surface area contributed by atoms with Crippen molar-refractivity contribution < 1.29 is 4.79 Å². The molecule has 2 aromatic rings. The van der Waals surface area contributed by atoms with Crippen LogP contribution in [0.2, 0.25) is 0 Å². The van der Waals surface area contributed by atoms with Gasteiger partial charge < -0.3 is 10.6 Å². The number of hydrogen-bond donors (Lipinski definition) is 2. The largest absolute Gasteiger partial charge is 0.354 e. The second-order valence-corrected chi connectivity index (χ2v) is 7.65. The summed E-state index contributed by atoms with van der Waals surface area (Å²) in [6, 6.07) is -0.372. The number of nitrogens with one attached hydrogen (secondary N) is 2. The number of carbonyl (C=O) groups excluding carboxylic acids is 1. The predicted octanol–water partition coefficient (Wildman–Crippen LogP) is 2.54. The fourth-order valence-corrected chi connectivity index (χ4v) is 4.34. The average Bonchev–Trinajstić information content (AvgIpc) is 3.26. The van der Waals surface area contributed by atoms with Crippen LogP contribution in [0.3, 0.4) is 0 Å². The molecule has 1 saturated carbocycles. The van der Waals surface area contributed by atoms with Gasteiger partial charge in [0.15, 0.2) is 0 Å². The minimum atomic E-state index is -0.372. The fraction of sp³-hybridized carbons (Fsp3) is 0.611. The van der Waals surface area contributed by atoms with E-state index in [1.165, 1.54) is 37.8 Å². The van der Waals surface area contributed by atoms with Crippen molar-refractivity contribution in [3.63, 3.8) is 0 Å². The van der Waals surface area contributed by atoms with Crippen LogP contribution in [0, 0.1) is 0 Å². The second-order valence-electron chi connectivity index (χ2n) is 6.71. The maximum atomic E-state index is 12.4. The molecule has 1 aliphatic carbocycles. The number of aromatic nitrogens is 3. The maximum Gasteiger partial charge on any atom is 0.241 e. The van der Waals surface area contributed by atoms with E-state index < -0.39 is 0 Å². The van der Waals surface area contributed by atoms with Crippen molar-refractivity contribution in [2.75, 3.05) is 13.6 Å². The summed E-state index contributed by atoms with van der Waals surface area (Å²) in [4.78, 5) is 17.2. The van der Waals surface area contributed by atoms with Gasteiger partial charge in [-0.3, -0.25) is 9.48 Å². The molecule has 0 aliphatic heterocycles. The van der Waals surface area contributed by atoms with E-state index in [1.54, 1.807) is 29.3 Å². The number of nitrogens with zero attached hydrogens (tertiary/aromatic N) is 3. The van der Waals surface area contributed by atoms with Gasteiger partial charge in [-0.2, -0.15) is 5.10 Å². The highest BCUT2D eigenvalue weighted by molar-refractivity contribution is 7.09. The van der Waals surface area contributed by atoms with Gasteiger partial charge >= 0.3 is 0 Å². The topological polar surface area (TPSA) is 71.8 Å². The summed E-state index contributed by atoms with van der Waals surface area (Å²) in [6.45, 7) is 0.606. The lowest BCUT2D eigenvalue weighted by molar-refractivity contribution is -0.123. The van der Waals surface area contributed by atoms with E-state index >= 15 is 0 Å². The number of aryl methyl sites for hydroxylation is 1. The van der Waals surface area contributed by atoms with Crippen LogP contribution in [0.4, 0.5) is 0 Å². The number of amides is 1. The molecular formula is C18H27N5OS. The lowest BCUT2D eigenvalue weighted by Gasteiger charge is -2.19. The fourth-order valence-electron chi connectivity index (χ4n) is 3.46. The average molecular weight is 362 g/mol. The summed E-state index contributed by atoms with van der Waals surface area (Å²) in [5, 5.41) is 13.5. The highest BCUT2D eigenvalue weighted by Crippen LogP contribution is 2.33. The van der Waals surface area contributed by atoms with Crippen molar-refractivity contribution in [1.82, 2.24) is 25.4 Å². The highest BCUT2D eigenvalue weighted by Gasteiger charge is 2.20. The Hall–Kier alpha value is -1.73. The Morgan fingerprint density at radius 3 is 2.88 bits per heavy atom. The van der Waals surface area contributed by atoms with E-state index in [4.69, 9.17) is 4.98 Å². The van der Waals surface area contributed by atoms with E-state index in [9.17, 15) is 4.79 Å². The zero-order valence-electron chi connectivity index (χ0n) is 15.0. The monoisotopic (exact) mass is 361 g/mol. The lowest BCUT2D eigenvalue weighted by atomic mass is 9.87. The van der Waals surface area contributed by atoms with Crippen LogP contribution in [0.25, 0.3) is 0 Å². The normalized spacial score (nSPS) is 16.7. The number of rotatable bonds is 7. The smallest absolute Gasteiger partial charge is 0.241 e. The molecule has 1 unspecified atom stereocenters. The van der Waals surface area contributed by atoms with Crippen molar-refractivity contribution in [2.24, 2.45) is 7.05 Å². The second kappa shape index (κ2) is 8.58. The standard InChI is InChI=1S/C18H27N5OS/c1-19-17(14-10-21-23(2)11-14)18(24)20-9-8-16-22-15(12-25-16)13-6-4-3-5-7-13/h10-13,17,19H,3-9H2,1-2H3,(H,20,24). The zero-order valence-corrected chi connectivity index (χ0v) is 15.8. The molecule has 0 spiro atoms. The van der Waals surface area contributed by atoms with Crippen LogP contribution >= 0.6 is 11.3 Å². The summed E-state index contributed by atoms with van der Waals surface area (Å²) < 4.78 is 1.70. The molecule has 0 saturated heterocycles. The van der Waals surface area contributed by atoms with Crippen molar-refractivity contribution in [3.05, 3.63) is 34.0 Å². The van der Waals surface area contributed by atoms with Crippen LogP contribution in [-0.2, 0) is 18.3 Å². The number of carbonyl (C=O) groups is 1. The summed E-state index contributed by atoms with van der Waals surface area (Å²) in [7, 11) is 3.63. The minimum absolute atomic E-state index is 0.0282. The Balaban J connectivity index is 1.48. The highest BCUT2D eigenvalue weighted by atomic mass is 32.1. The van der Waals surface area contributed by atoms with E-state index in [0.29, 0.717) is 12.5 Å². The van der Waals surface area contributed by atoms with E-state index in [0.717, 1.165) is 17.0 Å². The number of thiazole rings is 1. The summed E-state index contributed by atoms with van der Waals surface area (Å²) in [6.07, 6.45) is 10.9. The van der Waals surface area contributed by atoms with Crippen LogP contribution in [0.15, 0.2) is 17.8 Å². The maximum absolute atomic E-state index is 12.4. The van der Waals surface area contributed by atoms with Crippen LogP contribution in [0.1, 0.15) is 60.3 Å². The van der Waals surface area contributed by atoms with Gasteiger partial charge in [0.1, 0.15) is 6.04 Å². The van der Waals surface area contributed by atoms with Crippen molar-refractivity contribution >= 4 is 17.2 Å². The molecule has 0 aromatic carbocycles. The van der Waals surface area contributed by atoms with Gasteiger partial charge in [0.25, 0.3) is 0 Å². The Kier molecular flexibility index (Phi) is 6.20. The molecule has 25 heavy (non-hydrogen) atoms. The van der Waals surface area contributed by atoms with Crippen LogP contribution < -0.4 is 10.6 Å². The van der Waals surface area contributed by atoms with Crippen molar-refractivity contribution in [3.8, 4) is 0 Å². The molecule has 7 heteroatoms. The molecule has 136 valence electrons. The molecule has 6 nitrogen and oxygen atoms in total. The number of likely N-dealkylation sites (N-methyl/N-ethyl adjacent to an activating group) is 1. The Morgan fingerprint density at radius 1 is 1.40 bits per heavy atom. The summed E-state index contributed by atoms with van der Waals surface area (Å²) in [5.74, 6) is 0.618. The SMILES string of the molecule is CNC(C(=O)NCCc1nc(C2CCCCC2)cs1)c1cnn(C)c1. The first-order chi connectivity index (χ1) is 12.2. The van der Waals surface area contributed by atoms with Gasteiger partial charge in [0.05, 0.1) is 16.9 Å². The minimum Gasteiger partial charge on any atom is -0.354 e. The van der Waals surface area contributed by atoms with E-state index in [2.05, 4.69) is 21.1 Å². The van der Waals surface area contributed by atoms with Gasteiger partial charge in [0, 0.05) is 43.1 Å².